The van der Waals surface area contributed by atoms with Gasteiger partial charge in [0.25, 0.3) is 11.8 Å². The number of Topliss-reactive ketones (excluding diaryl/α,β-unsaturated/α-hetero) is 1. The second-order valence-corrected chi connectivity index (χ2v) is 7.80. The third-order valence-electron chi connectivity index (χ3n) is 4.82. The van der Waals surface area contributed by atoms with Gasteiger partial charge in [0.2, 0.25) is 0 Å². The molecule has 7 nitrogen and oxygen atoms in total. The number of carbonyl (C=O) groups excluding carboxylic acids is 3. The van der Waals surface area contributed by atoms with Crippen LogP contribution >= 0.6 is 22.6 Å². The molecule has 0 aliphatic carbocycles. The molecular formula is C19H25IN2O5. The van der Waals surface area contributed by atoms with E-state index < -0.39 is 29.4 Å². The predicted molar refractivity (Wildman–Crippen MR) is 108 cm³/mol. The van der Waals surface area contributed by atoms with Gasteiger partial charge < -0.3 is 19.7 Å². The molecule has 27 heavy (non-hydrogen) atoms. The second kappa shape index (κ2) is 9.61. The first-order valence-electron chi connectivity index (χ1n) is 8.83. The lowest BCUT2D eigenvalue weighted by molar-refractivity contribution is -0.174. The SMILES string of the molecule is CNC(=O)[C@@](C)(C(=O)COC1CCCCO1)N(C)C(=O)c1ccc(I)cc1. The molecular weight excluding hydrogens is 463 g/mol. The van der Waals surface area contributed by atoms with Crippen molar-refractivity contribution in [3.05, 3.63) is 33.4 Å². The largest absolute Gasteiger partial charge is 0.357 e. The van der Waals surface area contributed by atoms with Crippen molar-refractivity contribution in [2.24, 2.45) is 0 Å². The van der Waals surface area contributed by atoms with Gasteiger partial charge in [0.1, 0.15) is 6.61 Å². The van der Waals surface area contributed by atoms with Crippen LogP contribution in [0, 0.1) is 3.57 Å². The van der Waals surface area contributed by atoms with E-state index in [1.807, 2.05) is 0 Å². The first kappa shape index (κ1) is 21.8. The molecule has 1 aromatic rings. The van der Waals surface area contributed by atoms with Gasteiger partial charge in [-0.3, -0.25) is 14.4 Å². The van der Waals surface area contributed by atoms with Crippen LogP contribution in [-0.4, -0.2) is 61.6 Å². The summed E-state index contributed by atoms with van der Waals surface area (Å²) < 4.78 is 12.0. The van der Waals surface area contributed by atoms with Gasteiger partial charge in [-0.05, 0) is 73.0 Å². The number of ketones is 1. The molecule has 0 radical (unpaired) electrons. The number of nitrogens with zero attached hydrogens (tertiary/aromatic N) is 1. The average molecular weight is 488 g/mol. The molecule has 1 heterocycles. The van der Waals surface area contributed by atoms with Crippen molar-refractivity contribution in [2.75, 3.05) is 27.3 Å². The van der Waals surface area contributed by atoms with Gasteiger partial charge in [0, 0.05) is 29.8 Å². The van der Waals surface area contributed by atoms with Crippen molar-refractivity contribution in [1.29, 1.82) is 0 Å². The lowest BCUT2D eigenvalue weighted by Gasteiger charge is -2.36. The van der Waals surface area contributed by atoms with Crippen LogP contribution in [0.5, 0.6) is 0 Å². The number of amides is 2. The lowest BCUT2D eigenvalue weighted by Crippen LogP contribution is -2.62. The molecule has 2 atom stereocenters. The zero-order valence-corrected chi connectivity index (χ0v) is 17.9. The monoisotopic (exact) mass is 488 g/mol. The Morgan fingerprint density at radius 3 is 2.52 bits per heavy atom. The van der Waals surface area contributed by atoms with E-state index in [2.05, 4.69) is 27.9 Å². The standard InChI is InChI=1S/C19H25IN2O5/c1-19(18(25)21-2,15(23)12-27-16-6-4-5-11-26-16)22(3)17(24)13-7-9-14(20)10-8-13/h7-10,16H,4-6,11-12H2,1-3H3,(H,21,25)/t16?,19-/m1/s1. The molecule has 0 bridgehead atoms. The van der Waals surface area contributed by atoms with Crippen molar-refractivity contribution in [3.8, 4) is 0 Å². The molecule has 2 amide bonds. The van der Waals surface area contributed by atoms with Crippen molar-refractivity contribution >= 4 is 40.2 Å². The van der Waals surface area contributed by atoms with Crippen LogP contribution in [0.2, 0.25) is 0 Å². The second-order valence-electron chi connectivity index (χ2n) is 6.55. The van der Waals surface area contributed by atoms with E-state index in [9.17, 15) is 14.4 Å². The fraction of sp³-hybridized carbons (Fsp3) is 0.526. The number of benzene rings is 1. The topological polar surface area (TPSA) is 84.9 Å². The molecule has 0 aromatic heterocycles. The zero-order chi connectivity index (χ0) is 20.0. The van der Waals surface area contributed by atoms with Crippen molar-refractivity contribution in [1.82, 2.24) is 10.2 Å². The number of rotatable bonds is 7. The minimum Gasteiger partial charge on any atom is -0.357 e. The molecule has 1 saturated heterocycles. The predicted octanol–water partition coefficient (Wildman–Crippen LogP) is 1.98. The van der Waals surface area contributed by atoms with Crippen LogP contribution in [0.1, 0.15) is 36.5 Å². The Morgan fingerprint density at radius 2 is 1.96 bits per heavy atom. The van der Waals surface area contributed by atoms with Crippen LogP contribution in [0.4, 0.5) is 0 Å². The Bertz CT molecular complexity index is 688. The van der Waals surface area contributed by atoms with Gasteiger partial charge >= 0.3 is 0 Å². The molecule has 1 unspecified atom stereocenters. The highest BCUT2D eigenvalue weighted by molar-refractivity contribution is 14.1. The summed E-state index contributed by atoms with van der Waals surface area (Å²) in [5.41, 5.74) is -1.29. The maximum atomic E-state index is 12.9. The van der Waals surface area contributed by atoms with Gasteiger partial charge in [0.15, 0.2) is 17.6 Å². The number of hydrogen-bond donors (Lipinski definition) is 1. The van der Waals surface area contributed by atoms with Crippen LogP contribution < -0.4 is 5.32 Å². The lowest BCUT2D eigenvalue weighted by atomic mass is 9.92. The Kier molecular flexibility index (Phi) is 7.75. The average Bonchev–Trinajstić information content (AvgIpc) is 2.70. The van der Waals surface area contributed by atoms with E-state index in [0.717, 1.165) is 16.4 Å². The quantitative estimate of drug-likeness (QED) is 0.469. The van der Waals surface area contributed by atoms with Crippen LogP contribution in [0.25, 0.3) is 0 Å². The normalized spacial score (nSPS) is 19.0. The molecule has 1 aliphatic rings. The summed E-state index contributed by atoms with van der Waals surface area (Å²) in [5, 5.41) is 2.48. The third kappa shape index (κ3) is 5.05. The van der Waals surface area contributed by atoms with Gasteiger partial charge in [-0.1, -0.05) is 0 Å². The molecule has 0 saturated carbocycles. The fourth-order valence-electron chi connectivity index (χ4n) is 2.85. The Balaban J connectivity index is 2.17. The highest BCUT2D eigenvalue weighted by atomic mass is 127. The van der Waals surface area contributed by atoms with E-state index >= 15 is 0 Å². The highest BCUT2D eigenvalue weighted by Crippen LogP contribution is 2.21. The van der Waals surface area contributed by atoms with Crippen LogP contribution in [-0.2, 0) is 19.1 Å². The number of hydrogen-bond acceptors (Lipinski definition) is 5. The van der Waals surface area contributed by atoms with Gasteiger partial charge in [-0.15, -0.1) is 0 Å². The molecule has 1 fully saturated rings. The van der Waals surface area contributed by atoms with E-state index in [1.165, 1.54) is 25.9 Å². The first-order valence-corrected chi connectivity index (χ1v) is 9.91. The number of ether oxygens (including phenoxy) is 2. The minimum atomic E-state index is -1.69. The van der Waals surface area contributed by atoms with E-state index in [-0.39, 0.29) is 6.61 Å². The Hall–Kier alpha value is -1.52. The maximum Gasteiger partial charge on any atom is 0.254 e. The third-order valence-corrected chi connectivity index (χ3v) is 5.54. The van der Waals surface area contributed by atoms with Crippen LogP contribution in [0.15, 0.2) is 24.3 Å². The van der Waals surface area contributed by atoms with E-state index in [0.29, 0.717) is 18.6 Å². The van der Waals surface area contributed by atoms with Crippen molar-refractivity contribution in [3.63, 3.8) is 0 Å². The van der Waals surface area contributed by atoms with Gasteiger partial charge in [-0.25, -0.2) is 0 Å². The van der Waals surface area contributed by atoms with E-state index in [4.69, 9.17) is 9.47 Å². The summed E-state index contributed by atoms with van der Waals surface area (Å²) in [4.78, 5) is 39.5. The minimum absolute atomic E-state index is 0.307. The molecule has 148 valence electrons. The van der Waals surface area contributed by atoms with Crippen LogP contribution in [0.3, 0.4) is 0 Å². The molecule has 8 heteroatoms. The van der Waals surface area contributed by atoms with E-state index in [1.54, 1.807) is 24.3 Å². The molecule has 1 N–H and O–H groups in total. The summed E-state index contributed by atoms with van der Waals surface area (Å²) in [5.74, 6) is -1.49. The van der Waals surface area contributed by atoms with Crippen molar-refractivity contribution in [2.45, 2.75) is 38.0 Å². The molecule has 2 rings (SSSR count). The van der Waals surface area contributed by atoms with Crippen molar-refractivity contribution < 1.29 is 23.9 Å². The smallest absolute Gasteiger partial charge is 0.254 e. The molecule has 0 spiro atoms. The zero-order valence-electron chi connectivity index (χ0n) is 15.8. The molecule has 1 aromatic carbocycles. The summed E-state index contributed by atoms with van der Waals surface area (Å²) in [6, 6.07) is 6.93. The van der Waals surface area contributed by atoms with Gasteiger partial charge in [0.05, 0.1) is 0 Å². The summed E-state index contributed by atoms with van der Waals surface area (Å²) in [6.07, 6.45) is 2.20. The number of halogens is 1. The summed E-state index contributed by atoms with van der Waals surface area (Å²) >= 11 is 2.14. The first-order chi connectivity index (χ1) is 12.8. The summed E-state index contributed by atoms with van der Waals surface area (Å²) in [6.45, 7) is 1.72. The highest BCUT2D eigenvalue weighted by Gasteiger charge is 2.46. The number of nitrogens with one attached hydrogen (secondary N) is 1. The summed E-state index contributed by atoms with van der Waals surface area (Å²) in [7, 11) is 2.88. The Morgan fingerprint density at radius 1 is 1.30 bits per heavy atom. The Labute approximate surface area is 172 Å². The number of carbonyl (C=O) groups is 3. The molecule has 1 aliphatic heterocycles. The number of likely N-dealkylation sites (N-methyl/N-ethyl adjacent to an activating group) is 2. The maximum absolute atomic E-state index is 12.9. The van der Waals surface area contributed by atoms with Gasteiger partial charge in [-0.2, -0.15) is 0 Å². The fourth-order valence-corrected chi connectivity index (χ4v) is 3.21.